The standard InChI is InChI=1S/C21H25F2N5O3/c1-11-7-15(9-24-19(11)31-10-17(22)23)13(3)28(4)20(30)16-8-12(2)25-21(26-16)27-18(29)14-5-6-14/h7-9,13-14,17H,5-6,10H2,1-4H3,(H,25,26,27,29). The SMILES string of the molecule is Cc1cc(C(=O)N(C)C(C)c2cnc(OCC(F)F)c(C)c2)nc(NC(=O)C2CC2)n1. The van der Waals surface area contributed by atoms with Crippen molar-refractivity contribution in [2.45, 2.75) is 46.1 Å². The highest BCUT2D eigenvalue weighted by Gasteiger charge is 2.30. The van der Waals surface area contributed by atoms with Gasteiger partial charge in [-0.3, -0.25) is 14.9 Å². The Morgan fingerprint density at radius 3 is 2.58 bits per heavy atom. The number of ether oxygens (including phenoxy) is 1. The van der Waals surface area contributed by atoms with E-state index in [9.17, 15) is 18.4 Å². The van der Waals surface area contributed by atoms with Crippen LogP contribution in [-0.2, 0) is 4.79 Å². The van der Waals surface area contributed by atoms with Crippen LogP contribution < -0.4 is 10.1 Å². The van der Waals surface area contributed by atoms with Gasteiger partial charge in [-0.15, -0.1) is 0 Å². The zero-order valence-electron chi connectivity index (χ0n) is 17.9. The van der Waals surface area contributed by atoms with Gasteiger partial charge in [0, 0.05) is 30.4 Å². The molecule has 3 rings (SSSR count). The predicted octanol–water partition coefficient (Wildman–Crippen LogP) is 3.31. The lowest BCUT2D eigenvalue weighted by molar-refractivity contribution is -0.117. The van der Waals surface area contributed by atoms with Crippen LogP contribution in [0.5, 0.6) is 5.88 Å². The van der Waals surface area contributed by atoms with Gasteiger partial charge in [-0.1, -0.05) is 0 Å². The maximum atomic E-state index is 13.0. The monoisotopic (exact) mass is 433 g/mol. The first-order valence-corrected chi connectivity index (χ1v) is 9.97. The van der Waals surface area contributed by atoms with Crippen LogP contribution in [0.4, 0.5) is 14.7 Å². The Hall–Kier alpha value is -3.17. The second-order valence-electron chi connectivity index (χ2n) is 7.67. The number of aryl methyl sites for hydroxylation is 2. The number of rotatable bonds is 8. The zero-order valence-corrected chi connectivity index (χ0v) is 17.9. The molecule has 1 saturated carbocycles. The van der Waals surface area contributed by atoms with Crippen molar-refractivity contribution in [2.75, 3.05) is 19.0 Å². The molecule has 0 aromatic carbocycles. The smallest absolute Gasteiger partial charge is 0.272 e. The molecule has 0 radical (unpaired) electrons. The quantitative estimate of drug-likeness (QED) is 0.686. The molecular weight excluding hydrogens is 408 g/mol. The van der Waals surface area contributed by atoms with Crippen molar-refractivity contribution in [2.24, 2.45) is 5.92 Å². The van der Waals surface area contributed by atoms with E-state index in [1.54, 1.807) is 33.0 Å². The van der Waals surface area contributed by atoms with Gasteiger partial charge < -0.3 is 9.64 Å². The minimum Gasteiger partial charge on any atom is -0.471 e. The first-order valence-electron chi connectivity index (χ1n) is 9.97. The molecule has 0 bridgehead atoms. The van der Waals surface area contributed by atoms with E-state index in [0.29, 0.717) is 16.8 Å². The normalized spacial score (nSPS) is 14.3. The van der Waals surface area contributed by atoms with E-state index in [1.165, 1.54) is 11.1 Å². The fourth-order valence-corrected chi connectivity index (χ4v) is 2.98. The molecule has 1 fully saturated rings. The number of hydrogen-bond acceptors (Lipinski definition) is 6. The molecule has 1 aliphatic rings. The Morgan fingerprint density at radius 1 is 1.26 bits per heavy atom. The van der Waals surface area contributed by atoms with Crippen molar-refractivity contribution in [1.82, 2.24) is 19.9 Å². The third-order valence-electron chi connectivity index (χ3n) is 5.04. The van der Waals surface area contributed by atoms with Gasteiger partial charge in [0.1, 0.15) is 5.69 Å². The van der Waals surface area contributed by atoms with Gasteiger partial charge in [0.2, 0.25) is 17.7 Å². The molecule has 0 spiro atoms. The number of hydrogen-bond donors (Lipinski definition) is 1. The Kier molecular flexibility index (Phi) is 6.77. The first-order chi connectivity index (χ1) is 14.7. The molecule has 0 saturated heterocycles. The lowest BCUT2D eigenvalue weighted by atomic mass is 10.1. The van der Waals surface area contributed by atoms with E-state index < -0.39 is 13.0 Å². The second kappa shape index (κ2) is 9.32. The van der Waals surface area contributed by atoms with Crippen molar-refractivity contribution in [3.8, 4) is 5.88 Å². The fourth-order valence-electron chi connectivity index (χ4n) is 2.98. The zero-order chi connectivity index (χ0) is 22.7. The summed E-state index contributed by atoms with van der Waals surface area (Å²) in [7, 11) is 1.63. The summed E-state index contributed by atoms with van der Waals surface area (Å²) in [6.45, 7) is 4.51. The molecule has 2 aromatic heterocycles. The summed E-state index contributed by atoms with van der Waals surface area (Å²) in [5.41, 5.74) is 2.03. The lowest BCUT2D eigenvalue weighted by Crippen LogP contribution is -2.31. The maximum Gasteiger partial charge on any atom is 0.272 e. The van der Waals surface area contributed by atoms with E-state index in [-0.39, 0.29) is 41.3 Å². The summed E-state index contributed by atoms with van der Waals surface area (Å²) >= 11 is 0. The highest BCUT2D eigenvalue weighted by Crippen LogP contribution is 2.30. The molecule has 1 unspecified atom stereocenters. The molecule has 31 heavy (non-hydrogen) atoms. The van der Waals surface area contributed by atoms with Crippen LogP contribution in [0.3, 0.4) is 0 Å². The third kappa shape index (κ3) is 5.71. The molecule has 2 aromatic rings. The van der Waals surface area contributed by atoms with Crippen LogP contribution in [0, 0.1) is 19.8 Å². The summed E-state index contributed by atoms with van der Waals surface area (Å²) in [4.78, 5) is 39.0. The van der Waals surface area contributed by atoms with E-state index >= 15 is 0 Å². The average Bonchev–Trinajstić information content (AvgIpc) is 3.56. The number of nitrogens with zero attached hydrogens (tertiary/aromatic N) is 4. The Labute approximate surface area is 179 Å². The van der Waals surface area contributed by atoms with Crippen LogP contribution in [0.25, 0.3) is 0 Å². The van der Waals surface area contributed by atoms with Crippen molar-refractivity contribution >= 4 is 17.8 Å². The van der Waals surface area contributed by atoms with Crippen molar-refractivity contribution in [3.63, 3.8) is 0 Å². The molecule has 1 N–H and O–H groups in total. The second-order valence-corrected chi connectivity index (χ2v) is 7.67. The predicted molar refractivity (Wildman–Crippen MR) is 109 cm³/mol. The number of aromatic nitrogens is 3. The van der Waals surface area contributed by atoms with Gasteiger partial charge in [0.25, 0.3) is 12.3 Å². The van der Waals surface area contributed by atoms with Crippen molar-refractivity contribution in [1.29, 1.82) is 0 Å². The Balaban J connectivity index is 1.73. The average molecular weight is 433 g/mol. The van der Waals surface area contributed by atoms with Gasteiger partial charge in [-0.05, 0) is 51.3 Å². The summed E-state index contributed by atoms with van der Waals surface area (Å²) < 4.78 is 29.7. The molecule has 1 aliphatic carbocycles. The van der Waals surface area contributed by atoms with Crippen LogP contribution >= 0.6 is 0 Å². The van der Waals surface area contributed by atoms with E-state index in [1.807, 2.05) is 6.92 Å². The molecule has 8 nitrogen and oxygen atoms in total. The lowest BCUT2D eigenvalue weighted by Gasteiger charge is -2.25. The van der Waals surface area contributed by atoms with Gasteiger partial charge in [0.05, 0.1) is 6.04 Å². The summed E-state index contributed by atoms with van der Waals surface area (Å²) in [5.74, 6) is -0.251. The summed E-state index contributed by atoms with van der Waals surface area (Å²) in [6, 6.07) is 2.93. The summed E-state index contributed by atoms with van der Waals surface area (Å²) in [6.07, 6.45) is 0.611. The van der Waals surface area contributed by atoms with Crippen LogP contribution in [0.15, 0.2) is 18.3 Å². The summed E-state index contributed by atoms with van der Waals surface area (Å²) in [5, 5.41) is 2.66. The molecule has 2 heterocycles. The minimum atomic E-state index is -2.58. The largest absolute Gasteiger partial charge is 0.471 e. The number of alkyl halides is 2. The van der Waals surface area contributed by atoms with Crippen LogP contribution in [0.1, 0.15) is 53.1 Å². The van der Waals surface area contributed by atoms with Crippen LogP contribution in [0.2, 0.25) is 0 Å². The highest BCUT2D eigenvalue weighted by atomic mass is 19.3. The molecular formula is C21H25F2N5O3. The van der Waals surface area contributed by atoms with Gasteiger partial charge in [-0.2, -0.15) is 0 Å². The van der Waals surface area contributed by atoms with Gasteiger partial charge >= 0.3 is 0 Å². The highest BCUT2D eigenvalue weighted by molar-refractivity contribution is 5.95. The van der Waals surface area contributed by atoms with Gasteiger partial charge in [-0.25, -0.2) is 23.7 Å². The number of halogens is 2. The number of amides is 2. The molecule has 1 atom stereocenters. The number of carbonyl (C=O) groups is 2. The van der Waals surface area contributed by atoms with Crippen molar-refractivity contribution in [3.05, 3.63) is 40.8 Å². The van der Waals surface area contributed by atoms with E-state index in [2.05, 4.69) is 20.3 Å². The molecule has 0 aliphatic heterocycles. The number of carbonyl (C=O) groups excluding carboxylic acids is 2. The topological polar surface area (TPSA) is 97.3 Å². The minimum absolute atomic E-state index is 0.00524. The molecule has 2 amide bonds. The molecule has 166 valence electrons. The van der Waals surface area contributed by atoms with Gasteiger partial charge in [0.15, 0.2) is 6.61 Å². The fraction of sp³-hybridized carbons (Fsp3) is 0.476. The van der Waals surface area contributed by atoms with E-state index in [0.717, 1.165) is 12.8 Å². The first kappa shape index (κ1) is 22.5. The number of pyridine rings is 1. The van der Waals surface area contributed by atoms with E-state index in [4.69, 9.17) is 4.74 Å². The number of anilines is 1. The van der Waals surface area contributed by atoms with Crippen LogP contribution in [-0.4, -0.2) is 51.7 Å². The number of nitrogens with one attached hydrogen (secondary N) is 1. The van der Waals surface area contributed by atoms with Crippen molar-refractivity contribution < 1.29 is 23.1 Å². The Bertz CT molecular complexity index is 981. The maximum absolute atomic E-state index is 13.0. The Morgan fingerprint density at radius 2 is 1.97 bits per heavy atom. The third-order valence-corrected chi connectivity index (χ3v) is 5.04. The molecule has 10 heteroatoms.